The van der Waals surface area contributed by atoms with Crippen LogP contribution in [-0.2, 0) is 0 Å². The van der Waals surface area contributed by atoms with Crippen LogP contribution in [-0.4, -0.2) is 22.3 Å². The van der Waals surface area contributed by atoms with Crippen LogP contribution < -0.4 is 5.56 Å². The van der Waals surface area contributed by atoms with Crippen LogP contribution in [0.1, 0.15) is 20.7 Å². The lowest BCUT2D eigenvalue weighted by Crippen LogP contribution is -2.16. The number of aromatic amines is 1. The van der Waals surface area contributed by atoms with E-state index in [0.29, 0.717) is 23.0 Å². The topological polar surface area (TPSA) is 87.2 Å². The zero-order chi connectivity index (χ0) is 13.1. The maximum atomic E-state index is 11.3. The van der Waals surface area contributed by atoms with Gasteiger partial charge in [0.25, 0.3) is 5.56 Å². The Balaban J connectivity index is 2.65. The van der Waals surface area contributed by atoms with Crippen LogP contribution in [0, 0.1) is 0 Å². The number of carbonyl (C=O) groups is 2. The highest BCUT2D eigenvalue weighted by molar-refractivity contribution is 5.91. The standard InChI is InChI=1S/C13H9NO4/c15-7-8-3-1-2-4-10(8)9-5-11(13(17)18)12(16)14-6-9/h1-7H,(H,14,16)(H,17,18). The third kappa shape index (κ3) is 2.06. The quantitative estimate of drug-likeness (QED) is 0.800. The summed E-state index contributed by atoms with van der Waals surface area (Å²) in [7, 11) is 0. The molecule has 0 amide bonds. The van der Waals surface area contributed by atoms with Crippen LogP contribution >= 0.6 is 0 Å². The normalized spacial score (nSPS) is 10.0. The third-order valence-electron chi connectivity index (χ3n) is 2.53. The number of H-pyrrole nitrogens is 1. The number of pyridine rings is 1. The van der Waals surface area contributed by atoms with Gasteiger partial charge in [-0.15, -0.1) is 0 Å². The molecular weight excluding hydrogens is 234 g/mol. The Morgan fingerprint density at radius 3 is 2.67 bits per heavy atom. The van der Waals surface area contributed by atoms with Gasteiger partial charge in [-0.3, -0.25) is 9.59 Å². The van der Waals surface area contributed by atoms with Crippen molar-refractivity contribution in [3.63, 3.8) is 0 Å². The molecule has 5 nitrogen and oxygen atoms in total. The number of carboxylic acid groups (broad SMARTS) is 1. The number of carboxylic acids is 1. The second kappa shape index (κ2) is 4.67. The predicted octanol–water partition coefficient (Wildman–Crippen LogP) is 1.55. The summed E-state index contributed by atoms with van der Waals surface area (Å²) in [6.45, 7) is 0. The van der Waals surface area contributed by atoms with E-state index < -0.39 is 11.5 Å². The van der Waals surface area contributed by atoms with Crippen molar-refractivity contribution in [2.45, 2.75) is 0 Å². The summed E-state index contributed by atoms with van der Waals surface area (Å²) in [5.74, 6) is -1.30. The van der Waals surface area contributed by atoms with E-state index in [2.05, 4.69) is 4.98 Å². The van der Waals surface area contributed by atoms with Crippen molar-refractivity contribution in [3.8, 4) is 11.1 Å². The maximum absolute atomic E-state index is 11.3. The zero-order valence-electron chi connectivity index (χ0n) is 9.21. The monoisotopic (exact) mass is 243 g/mol. The van der Waals surface area contributed by atoms with Crippen molar-refractivity contribution < 1.29 is 14.7 Å². The number of nitrogens with one attached hydrogen (secondary N) is 1. The SMILES string of the molecule is O=Cc1ccccc1-c1c[nH]c(=O)c(C(=O)O)c1. The van der Waals surface area contributed by atoms with Gasteiger partial charge in [0, 0.05) is 11.8 Å². The molecule has 1 heterocycles. The molecule has 2 rings (SSSR count). The second-order valence-electron chi connectivity index (χ2n) is 3.64. The van der Waals surface area contributed by atoms with Crippen molar-refractivity contribution in [3.05, 3.63) is 58.0 Å². The zero-order valence-corrected chi connectivity index (χ0v) is 9.21. The molecule has 0 aliphatic rings. The van der Waals surface area contributed by atoms with Crippen LogP contribution in [0.3, 0.4) is 0 Å². The molecule has 0 aliphatic carbocycles. The lowest BCUT2D eigenvalue weighted by atomic mass is 10.0. The van der Waals surface area contributed by atoms with Crippen LogP contribution in [0.15, 0.2) is 41.3 Å². The van der Waals surface area contributed by atoms with Gasteiger partial charge in [0.15, 0.2) is 6.29 Å². The van der Waals surface area contributed by atoms with E-state index in [1.807, 2.05) is 0 Å². The minimum atomic E-state index is -1.30. The van der Waals surface area contributed by atoms with Crippen molar-refractivity contribution >= 4 is 12.3 Å². The number of benzene rings is 1. The highest BCUT2D eigenvalue weighted by Crippen LogP contribution is 2.21. The Morgan fingerprint density at radius 1 is 1.28 bits per heavy atom. The number of aromatic nitrogens is 1. The van der Waals surface area contributed by atoms with Gasteiger partial charge in [0.1, 0.15) is 5.56 Å². The highest BCUT2D eigenvalue weighted by Gasteiger charge is 2.11. The van der Waals surface area contributed by atoms with E-state index in [0.717, 1.165) is 0 Å². The lowest BCUT2D eigenvalue weighted by Gasteiger charge is -2.05. The summed E-state index contributed by atoms with van der Waals surface area (Å²) in [6, 6.07) is 7.99. The number of rotatable bonds is 3. The first-order valence-electron chi connectivity index (χ1n) is 5.14. The molecule has 2 aromatic rings. The molecule has 0 fully saturated rings. The van der Waals surface area contributed by atoms with Gasteiger partial charge in [-0.1, -0.05) is 24.3 Å². The molecule has 0 atom stereocenters. The average Bonchev–Trinajstić information content (AvgIpc) is 2.39. The van der Waals surface area contributed by atoms with Crippen molar-refractivity contribution in [1.29, 1.82) is 0 Å². The molecule has 2 N–H and O–H groups in total. The van der Waals surface area contributed by atoms with Gasteiger partial charge in [0.2, 0.25) is 0 Å². The largest absolute Gasteiger partial charge is 0.477 e. The third-order valence-corrected chi connectivity index (χ3v) is 2.53. The first kappa shape index (κ1) is 11.8. The number of carbonyl (C=O) groups excluding carboxylic acids is 1. The summed E-state index contributed by atoms with van der Waals surface area (Å²) in [6.07, 6.45) is 2.07. The molecule has 0 bridgehead atoms. The number of aldehydes is 1. The van der Waals surface area contributed by atoms with Crippen molar-refractivity contribution in [2.75, 3.05) is 0 Å². The molecule has 1 aromatic carbocycles. The van der Waals surface area contributed by atoms with Crippen molar-refractivity contribution in [1.82, 2.24) is 4.98 Å². The summed E-state index contributed by atoms with van der Waals surface area (Å²) in [5.41, 5.74) is 0.463. The smallest absolute Gasteiger partial charge is 0.341 e. The summed E-state index contributed by atoms with van der Waals surface area (Å²) < 4.78 is 0. The van der Waals surface area contributed by atoms with E-state index in [-0.39, 0.29) is 5.56 Å². The Labute approximate surface area is 102 Å². The Hall–Kier alpha value is -2.69. The second-order valence-corrected chi connectivity index (χ2v) is 3.64. The minimum Gasteiger partial charge on any atom is -0.477 e. The van der Waals surface area contributed by atoms with Gasteiger partial charge in [0.05, 0.1) is 0 Å². The molecule has 18 heavy (non-hydrogen) atoms. The Morgan fingerprint density at radius 2 is 2.00 bits per heavy atom. The summed E-state index contributed by atoms with van der Waals surface area (Å²) in [4.78, 5) is 35.4. The molecular formula is C13H9NO4. The maximum Gasteiger partial charge on any atom is 0.341 e. The molecule has 90 valence electrons. The summed E-state index contributed by atoms with van der Waals surface area (Å²) >= 11 is 0. The van der Waals surface area contributed by atoms with Crippen LogP contribution in [0.25, 0.3) is 11.1 Å². The van der Waals surface area contributed by atoms with Gasteiger partial charge in [-0.25, -0.2) is 4.79 Å². The van der Waals surface area contributed by atoms with Crippen LogP contribution in [0.2, 0.25) is 0 Å². The average molecular weight is 243 g/mol. The molecule has 0 aliphatic heterocycles. The number of hydrogen-bond acceptors (Lipinski definition) is 3. The fourth-order valence-electron chi connectivity index (χ4n) is 1.66. The Kier molecular flexibility index (Phi) is 3.05. The number of aromatic carboxylic acids is 1. The molecule has 0 saturated carbocycles. The van der Waals surface area contributed by atoms with Crippen molar-refractivity contribution in [2.24, 2.45) is 0 Å². The molecule has 0 unspecified atom stereocenters. The fraction of sp³-hybridized carbons (Fsp3) is 0. The van der Waals surface area contributed by atoms with Gasteiger partial charge < -0.3 is 10.1 Å². The first-order valence-corrected chi connectivity index (χ1v) is 5.14. The lowest BCUT2D eigenvalue weighted by molar-refractivity contribution is 0.0695. The fourth-order valence-corrected chi connectivity index (χ4v) is 1.66. The van der Waals surface area contributed by atoms with E-state index in [1.165, 1.54) is 12.3 Å². The minimum absolute atomic E-state index is 0.354. The number of hydrogen-bond donors (Lipinski definition) is 2. The van der Waals surface area contributed by atoms with E-state index in [4.69, 9.17) is 5.11 Å². The van der Waals surface area contributed by atoms with Crippen LogP contribution in [0.5, 0.6) is 0 Å². The van der Waals surface area contributed by atoms with Crippen LogP contribution in [0.4, 0.5) is 0 Å². The Bertz CT molecular complexity index is 673. The summed E-state index contributed by atoms with van der Waals surface area (Å²) in [5, 5.41) is 8.87. The van der Waals surface area contributed by atoms with E-state index >= 15 is 0 Å². The molecule has 0 radical (unpaired) electrons. The molecule has 5 heteroatoms. The van der Waals surface area contributed by atoms with Gasteiger partial charge in [-0.2, -0.15) is 0 Å². The van der Waals surface area contributed by atoms with E-state index in [9.17, 15) is 14.4 Å². The van der Waals surface area contributed by atoms with E-state index in [1.54, 1.807) is 24.3 Å². The van der Waals surface area contributed by atoms with Gasteiger partial charge >= 0.3 is 5.97 Å². The molecule has 0 spiro atoms. The highest BCUT2D eigenvalue weighted by atomic mass is 16.4. The molecule has 0 saturated heterocycles. The first-order chi connectivity index (χ1) is 8.63. The van der Waals surface area contributed by atoms with Gasteiger partial charge in [-0.05, 0) is 17.2 Å². The molecule has 1 aromatic heterocycles. The predicted molar refractivity (Wildman–Crippen MR) is 64.8 cm³/mol.